The third kappa shape index (κ3) is 2.70. The second kappa shape index (κ2) is 4.80. The van der Waals surface area contributed by atoms with Gasteiger partial charge in [-0.25, -0.2) is 8.42 Å². The van der Waals surface area contributed by atoms with Crippen molar-refractivity contribution < 1.29 is 13.2 Å². The Labute approximate surface area is 103 Å². The van der Waals surface area contributed by atoms with Crippen molar-refractivity contribution in [1.29, 1.82) is 0 Å². The van der Waals surface area contributed by atoms with Crippen LogP contribution in [-0.4, -0.2) is 48.6 Å². The van der Waals surface area contributed by atoms with Crippen LogP contribution in [0.25, 0.3) is 0 Å². The van der Waals surface area contributed by atoms with E-state index in [9.17, 15) is 8.42 Å². The maximum absolute atomic E-state index is 12.3. The second-order valence-corrected chi connectivity index (χ2v) is 8.10. The van der Waals surface area contributed by atoms with E-state index in [-0.39, 0.29) is 12.1 Å². The molecule has 0 bridgehead atoms. The second-order valence-electron chi connectivity index (χ2n) is 5.15. The van der Waals surface area contributed by atoms with Gasteiger partial charge in [0.25, 0.3) is 0 Å². The number of hydrogen-bond acceptors (Lipinski definition) is 3. The highest BCUT2D eigenvalue weighted by atomic mass is 35.5. The van der Waals surface area contributed by atoms with Crippen LogP contribution < -0.4 is 0 Å². The SMILES string of the molecule is CC1COC(CCl)CN1S(=O)(=O)C(C)(C)C. The molecule has 0 aromatic heterocycles. The fourth-order valence-corrected chi connectivity index (χ4v) is 3.36. The molecule has 0 spiro atoms. The van der Waals surface area contributed by atoms with E-state index < -0.39 is 14.8 Å². The molecular weight excluding hydrogens is 250 g/mol. The number of ether oxygens (including phenoxy) is 1. The quantitative estimate of drug-likeness (QED) is 0.713. The molecule has 1 rings (SSSR count). The molecule has 16 heavy (non-hydrogen) atoms. The molecule has 1 aliphatic heterocycles. The number of halogens is 1. The van der Waals surface area contributed by atoms with Crippen LogP contribution in [0.3, 0.4) is 0 Å². The lowest BCUT2D eigenvalue weighted by Gasteiger charge is -2.39. The highest BCUT2D eigenvalue weighted by Crippen LogP contribution is 2.25. The van der Waals surface area contributed by atoms with Crippen LogP contribution in [0, 0.1) is 0 Å². The van der Waals surface area contributed by atoms with Gasteiger partial charge in [0.15, 0.2) is 0 Å². The average Bonchev–Trinajstić information content (AvgIpc) is 2.16. The van der Waals surface area contributed by atoms with Crippen LogP contribution in [0.15, 0.2) is 0 Å². The van der Waals surface area contributed by atoms with Gasteiger partial charge in [0.2, 0.25) is 10.0 Å². The van der Waals surface area contributed by atoms with Gasteiger partial charge in [0.1, 0.15) is 0 Å². The summed E-state index contributed by atoms with van der Waals surface area (Å²) >= 11 is 5.71. The molecule has 2 atom stereocenters. The maximum Gasteiger partial charge on any atom is 0.219 e. The summed E-state index contributed by atoms with van der Waals surface area (Å²) in [7, 11) is -3.30. The number of alkyl halides is 1. The number of nitrogens with zero attached hydrogens (tertiary/aromatic N) is 1. The molecule has 1 fully saturated rings. The molecule has 0 saturated carbocycles. The highest BCUT2D eigenvalue weighted by Gasteiger charge is 2.41. The van der Waals surface area contributed by atoms with Crippen LogP contribution in [-0.2, 0) is 14.8 Å². The van der Waals surface area contributed by atoms with Crippen molar-refractivity contribution in [3.05, 3.63) is 0 Å². The molecule has 96 valence electrons. The summed E-state index contributed by atoms with van der Waals surface area (Å²) in [5.74, 6) is 0.322. The molecule has 4 nitrogen and oxygen atoms in total. The Bertz CT molecular complexity index is 336. The molecular formula is C10H20ClNO3S. The number of morpholine rings is 1. The minimum atomic E-state index is -3.30. The minimum absolute atomic E-state index is 0.122. The predicted molar refractivity (Wildman–Crippen MR) is 65.3 cm³/mol. The standard InChI is InChI=1S/C10H20ClNO3S/c1-8-7-15-9(5-11)6-12(8)16(13,14)10(2,3)4/h8-9H,5-7H2,1-4H3. The minimum Gasteiger partial charge on any atom is -0.374 e. The summed E-state index contributed by atoms with van der Waals surface area (Å²) in [5.41, 5.74) is 0. The molecule has 1 saturated heterocycles. The van der Waals surface area contributed by atoms with E-state index in [2.05, 4.69) is 0 Å². The first-order valence-corrected chi connectivity index (χ1v) is 7.36. The van der Waals surface area contributed by atoms with Crippen molar-refractivity contribution >= 4 is 21.6 Å². The third-order valence-corrected chi connectivity index (χ3v) is 5.72. The summed E-state index contributed by atoms with van der Waals surface area (Å²) in [6, 6.07) is -0.122. The summed E-state index contributed by atoms with van der Waals surface area (Å²) in [6.07, 6.45) is -0.199. The van der Waals surface area contributed by atoms with Gasteiger partial charge >= 0.3 is 0 Å². The highest BCUT2D eigenvalue weighted by molar-refractivity contribution is 7.90. The molecule has 1 heterocycles. The first-order chi connectivity index (χ1) is 7.20. The fraction of sp³-hybridized carbons (Fsp3) is 1.00. The van der Waals surface area contributed by atoms with E-state index in [1.807, 2.05) is 6.92 Å². The van der Waals surface area contributed by atoms with Gasteiger partial charge in [-0.15, -0.1) is 11.6 Å². The van der Waals surface area contributed by atoms with E-state index in [1.165, 1.54) is 4.31 Å². The zero-order valence-corrected chi connectivity index (χ0v) is 11.8. The summed E-state index contributed by atoms with van der Waals surface area (Å²) in [4.78, 5) is 0. The third-order valence-electron chi connectivity index (χ3n) is 2.70. The monoisotopic (exact) mass is 269 g/mol. The van der Waals surface area contributed by atoms with Crippen LogP contribution >= 0.6 is 11.6 Å². The first-order valence-electron chi connectivity index (χ1n) is 5.39. The molecule has 6 heteroatoms. The molecule has 1 aliphatic rings. The lowest BCUT2D eigenvalue weighted by atomic mass is 10.2. The van der Waals surface area contributed by atoms with Gasteiger partial charge in [0.05, 0.1) is 17.5 Å². The Morgan fingerprint density at radius 3 is 2.44 bits per heavy atom. The van der Waals surface area contributed by atoms with Gasteiger partial charge in [-0.05, 0) is 27.7 Å². The predicted octanol–water partition coefficient (Wildman–Crippen LogP) is 1.44. The Hall–Kier alpha value is 0.160. The largest absolute Gasteiger partial charge is 0.374 e. The molecule has 0 amide bonds. The van der Waals surface area contributed by atoms with E-state index in [4.69, 9.17) is 16.3 Å². The van der Waals surface area contributed by atoms with Gasteiger partial charge in [-0.3, -0.25) is 0 Å². The lowest BCUT2D eigenvalue weighted by molar-refractivity contribution is -0.0158. The Morgan fingerprint density at radius 1 is 1.44 bits per heavy atom. The van der Waals surface area contributed by atoms with E-state index >= 15 is 0 Å². The van der Waals surface area contributed by atoms with Crippen LogP contribution in [0.2, 0.25) is 0 Å². The van der Waals surface area contributed by atoms with Gasteiger partial charge in [-0.2, -0.15) is 4.31 Å². The molecule has 0 radical (unpaired) electrons. The van der Waals surface area contributed by atoms with Crippen LogP contribution in [0.4, 0.5) is 0 Å². The topological polar surface area (TPSA) is 46.6 Å². The van der Waals surface area contributed by atoms with Gasteiger partial charge < -0.3 is 4.74 Å². The van der Waals surface area contributed by atoms with Crippen LogP contribution in [0.1, 0.15) is 27.7 Å². The normalized spacial score (nSPS) is 29.3. The van der Waals surface area contributed by atoms with E-state index in [0.717, 1.165) is 0 Å². The van der Waals surface area contributed by atoms with Crippen molar-refractivity contribution in [1.82, 2.24) is 4.31 Å². The average molecular weight is 270 g/mol. The Balaban J connectivity index is 2.93. The van der Waals surface area contributed by atoms with Crippen LogP contribution in [0.5, 0.6) is 0 Å². The van der Waals surface area contributed by atoms with Crippen molar-refractivity contribution in [3.63, 3.8) is 0 Å². The zero-order chi connectivity index (χ0) is 12.6. The summed E-state index contributed by atoms with van der Waals surface area (Å²) in [6.45, 7) is 7.74. The smallest absolute Gasteiger partial charge is 0.219 e. The van der Waals surface area contributed by atoms with E-state index in [1.54, 1.807) is 20.8 Å². The molecule has 0 aromatic carbocycles. The molecule has 0 aliphatic carbocycles. The maximum atomic E-state index is 12.3. The van der Waals surface area contributed by atoms with Crippen molar-refractivity contribution in [3.8, 4) is 0 Å². The Kier molecular flexibility index (Phi) is 4.27. The number of rotatable bonds is 2. The van der Waals surface area contributed by atoms with Gasteiger partial charge in [-0.1, -0.05) is 0 Å². The molecule has 2 unspecified atom stereocenters. The first kappa shape index (κ1) is 14.2. The number of hydrogen-bond donors (Lipinski definition) is 0. The van der Waals surface area contributed by atoms with Crippen molar-refractivity contribution in [2.75, 3.05) is 19.0 Å². The lowest BCUT2D eigenvalue weighted by Crippen LogP contribution is -2.55. The molecule has 0 N–H and O–H groups in total. The molecule has 0 aromatic rings. The Morgan fingerprint density at radius 2 is 2.00 bits per heavy atom. The van der Waals surface area contributed by atoms with Crippen molar-refractivity contribution in [2.24, 2.45) is 0 Å². The summed E-state index contributed by atoms with van der Waals surface area (Å²) in [5, 5.41) is 0. The van der Waals surface area contributed by atoms with E-state index in [0.29, 0.717) is 19.0 Å². The summed E-state index contributed by atoms with van der Waals surface area (Å²) < 4.78 is 30.8. The zero-order valence-electron chi connectivity index (χ0n) is 10.2. The fourth-order valence-electron chi connectivity index (χ4n) is 1.57. The van der Waals surface area contributed by atoms with Gasteiger partial charge in [0, 0.05) is 18.5 Å². The van der Waals surface area contributed by atoms with Crippen molar-refractivity contribution in [2.45, 2.75) is 44.6 Å². The number of sulfonamides is 1.